The fourth-order valence-corrected chi connectivity index (χ4v) is 3.70. The first-order valence-electron chi connectivity index (χ1n) is 8.61. The highest BCUT2D eigenvalue weighted by molar-refractivity contribution is 5.77. The SMILES string of the molecule is CCC1CCC(N(C(=O)CCc2ccco2)C2CC2)CC1. The van der Waals surface area contributed by atoms with Crippen LogP contribution in [0, 0.1) is 5.92 Å². The zero-order valence-electron chi connectivity index (χ0n) is 13.1. The summed E-state index contributed by atoms with van der Waals surface area (Å²) in [4.78, 5) is 14.9. The Hall–Kier alpha value is -1.25. The summed E-state index contributed by atoms with van der Waals surface area (Å²) in [7, 11) is 0. The number of aryl methyl sites for hydroxylation is 1. The molecule has 1 aromatic rings. The average molecular weight is 289 g/mol. The molecular weight excluding hydrogens is 262 g/mol. The van der Waals surface area contributed by atoms with Crippen LogP contribution in [0.3, 0.4) is 0 Å². The predicted molar refractivity (Wildman–Crippen MR) is 82.9 cm³/mol. The Kier molecular flexibility index (Phi) is 4.67. The van der Waals surface area contributed by atoms with E-state index in [-0.39, 0.29) is 0 Å². The molecule has 3 heteroatoms. The molecule has 3 rings (SSSR count). The smallest absolute Gasteiger partial charge is 0.223 e. The van der Waals surface area contributed by atoms with Gasteiger partial charge in [-0.1, -0.05) is 13.3 Å². The van der Waals surface area contributed by atoms with Crippen LogP contribution in [0.1, 0.15) is 64.1 Å². The zero-order valence-corrected chi connectivity index (χ0v) is 13.1. The van der Waals surface area contributed by atoms with Gasteiger partial charge in [0.25, 0.3) is 0 Å². The summed E-state index contributed by atoms with van der Waals surface area (Å²) in [6.07, 6.45) is 11.7. The first-order valence-corrected chi connectivity index (χ1v) is 8.61. The van der Waals surface area contributed by atoms with Crippen LogP contribution in [0.2, 0.25) is 0 Å². The fourth-order valence-electron chi connectivity index (χ4n) is 3.70. The molecule has 1 amide bonds. The lowest BCUT2D eigenvalue weighted by atomic mass is 9.83. The Morgan fingerprint density at radius 2 is 1.86 bits per heavy atom. The minimum Gasteiger partial charge on any atom is -0.469 e. The maximum Gasteiger partial charge on any atom is 0.223 e. The second-order valence-electron chi connectivity index (χ2n) is 6.69. The average Bonchev–Trinajstić information content (AvgIpc) is 3.20. The summed E-state index contributed by atoms with van der Waals surface area (Å²) >= 11 is 0. The van der Waals surface area contributed by atoms with Crippen LogP contribution in [0.15, 0.2) is 22.8 Å². The summed E-state index contributed by atoms with van der Waals surface area (Å²) in [6.45, 7) is 2.29. The monoisotopic (exact) mass is 289 g/mol. The largest absolute Gasteiger partial charge is 0.469 e. The van der Waals surface area contributed by atoms with Crippen LogP contribution < -0.4 is 0 Å². The molecule has 1 heterocycles. The number of carbonyl (C=O) groups excluding carboxylic acids is 1. The third-order valence-electron chi connectivity index (χ3n) is 5.18. The van der Waals surface area contributed by atoms with Gasteiger partial charge in [0.05, 0.1) is 6.26 Å². The van der Waals surface area contributed by atoms with E-state index in [1.54, 1.807) is 6.26 Å². The van der Waals surface area contributed by atoms with Gasteiger partial charge in [0, 0.05) is 24.9 Å². The molecule has 3 nitrogen and oxygen atoms in total. The molecule has 21 heavy (non-hydrogen) atoms. The van der Waals surface area contributed by atoms with E-state index in [1.165, 1.54) is 44.9 Å². The minimum atomic E-state index is 0.342. The molecule has 2 fully saturated rings. The van der Waals surface area contributed by atoms with Crippen LogP contribution in [-0.4, -0.2) is 22.9 Å². The van der Waals surface area contributed by atoms with Gasteiger partial charge in [-0.05, 0) is 56.6 Å². The van der Waals surface area contributed by atoms with Crippen LogP contribution in [0.4, 0.5) is 0 Å². The summed E-state index contributed by atoms with van der Waals surface area (Å²) in [5.41, 5.74) is 0. The van der Waals surface area contributed by atoms with Crippen LogP contribution in [0.25, 0.3) is 0 Å². The molecule has 0 radical (unpaired) electrons. The van der Waals surface area contributed by atoms with Crippen molar-refractivity contribution in [2.75, 3.05) is 0 Å². The van der Waals surface area contributed by atoms with E-state index < -0.39 is 0 Å². The van der Waals surface area contributed by atoms with Crippen LogP contribution in [-0.2, 0) is 11.2 Å². The number of hydrogen-bond acceptors (Lipinski definition) is 2. The molecule has 0 aliphatic heterocycles. The Labute approximate surface area is 127 Å². The van der Waals surface area contributed by atoms with Crippen molar-refractivity contribution < 1.29 is 9.21 Å². The quantitative estimate of drug-likeness (QED) is 0.787. The van der Waals surface area contributed by atoms with Crippen molar-refractivity contribution in [1.29, 1.82) is 0 Å². The van der Waals surface area contributed by atoms with Crippen LogP contribution >= 0.6 is 0 Å². The van der Waals surface area contributed by atoms with Crippen molar-refractivity contribution >= 4 is 5.91 Å². The Balaban J connectivity index is 1.55. The molecule has 0 spiro atoms. The van der Waals surface area contributed by atoms with Gasteiger partial charge in [-0.15, -0.1) is 0 Å². The van der Waals surface area contributed by atoms with Gasteiger partial charge >= 0.3 is 0 Å². The number of furan rings is 1. The lowest BCUT2D eigenvalue weighted by Crippen LogP contribution is -2.44. The van der Waals surface area contributed by atoms with Crippen molar-refractivity contribution in [1.82, 2.24) is 4.90 Å². The van der Waals surface area contributed by atoms with E-state index in [0.717, 1.165) is 18.1 Å². The maximum atomic E-state index is 12.7. The topological polar surface area (TPSA) is 33.5 Å². The molecule has 116 valence electrons. The van der Waals surface area contributed by atoms with Gasteiger partial charge in [-0.3, -0.25) is 4.79 Å². The molecule has 2 aliphatic rings. The van der Waals surface area contributed by atoms with Crippen molar-refractivity contribution in [3.63, 3.8) is 0 Å². The Bertz CT molecular complexity index is 442. The second kappa shape index (κ2) is 6.67. The van der Waals surface area contributed by atoms with Gasteiger partial charge in [0.15, 0.2) is 0 Å². The lowest BCUT2D eigenvalue weighted by molar-refractivity contribution is -0.135. The Morgan fingerprint density at radius 1 is 1.19 bits per heavy atom. The predicted octanol–water partition coefficient (Wildman–Crippen LogP) is 4.17. The number of carbonyl (C=O) groups is 1. The van der Waals surface area contributed by atoms with Crippen molar-refractivity contribution in [2.24, 2.45) is 5.92 Å². The van der Waals surface area contributed by atoms with Crippen LogP contribution in [0.5, 0.6) is 0 Å². The third-order valence-corrected chi connectivity index (χ3v) is 5.18. The summed E-state index contributed by atoms with van der Waals surface area (Å²) in [5, 5.41) is 0. The molecule has 0 atom stereocenters. The third kappa shape index (κ3) is 3.69. The molecule has 0 saturated heterocycles. The maximum absolute atomic E-state index is 12.7. The highest BCUT2D eigenvalue weighted by Crippen LogP contribution is 2.36. The van der Waals surface area contributed by atoms with Crippen molar-refractivity contribution in [3.05, 3.63) is 24.2 Å². The molecule has 0 unspecified atom stereocenters. The zero-order chi connectivity index (χ0) is 14.7. The molecule has 0 aromatic carbocycles. The lowest BCUT2D eigenvalue weighted by Gasteiger charge is -2.37. The Morgan fingerprint density at radius 3 is 2.38 bits per heavy atom. The number of hydrogen-bond donors (Lipinski definition) is 0. The molecular formula is C18H27NO2. The first kappa shape index (κ1) is 14.7. The van der Waals surface area contributed by atoms with Gasteiger partial charge in [-0.2, -0.15) is 0 Å². The van der Waals surface area contributed by atoms with E-state index in [2.05, 4.69) is 11.8 Å². The molecule has 0 N–H and O–H groups in total. The number of rotatable bonds is 6. The minimum absolute atomic E-state index is 0.342. The molecule has 0 bridgehead atoms. The van der Waals surface area contributed by atoms with E-state index >= 15 is 0 Å². The van der Waals surface area contributed by atoms with E-state index in [1.807, 2.05) is 12.1 Å². The normalized spacial score (nSPS) is 25.8. The van der Waals surface area contributed by atoms with E-state index in [4.69, 9.17) is 4.42 Å². The van der Waals surface area contributed by atoms with E-state index in [9.17, 15) is 4.79 Å². The van der Waals surface area contributed by atoms with E-state index in [0.29, 0.717) is 24.4 Å². The summed E-state index contributed by atoms with van der Waals surface area (Å²) < 4.78 is 5.34. The molecule has 2 saturated carbocycles. The van der Waals surface area contributed by atoms with Gasteiger partial charge in [0.1, 0.15) is 5.76 Å². The second-order valence-corrected chi connectivity index (χ2v) is 6.69. The van der Waals surface area contributed by atoms with Gasteiger partial charge < -0.3 is 9.32 Å². The van der Waals surface area contributed by atoms with Gasteiger partial charge in [0.2, 0.25) is 5.91 Å². The first-order chi connectivity index (χ1) is 10.3. The number of nitrogens with zero attached hydrogens (tertiary/aromatic N) is 1. The highest BCUT2D eigenvalue weighted by Gasteiger charge is 2.38. The molecule has 1 aromatic heterocycles. The summed E-state index contributed by atoms with van der Waals surface area (Å²) in [6, 6.07) is 4.90. The number of amides is 1. The highest BCUT2D eigenvalue weighted by atomic mass is 16.3. The summed E-state index contributed by atoms with van der Waals surface area (Å²) in [5.74, 6) is 2.16. The van der Waals surface area contributed by atoms with Crippen molar-refractivity contribution in [2.45, 2.75) is 76.8 Å². The molecule has 2 aliphatic carbocycles. The van der Waals surface area contributed by atoms with Crippen molar-refractivity contribution in [3.8, 4) is 0 Å². The standard InChI is InChI=1S/C18H27NO2/c1-2-14-5-7-15(8-6-14)19(16-9-10-16)18(20)12-11-17-4-3-13-21-17/h3-4,13-16H,2,5-12H2,1H3. The van der Waals surface area contributed by atoms with Gasteiger partial charge in [-0.25, -0.2) is 0 Å². The fraction of sp³-hybridized carbons (Fsp3) is 0.722.